The molecule has 5 nitrogen and oxygen atoms in total. The number of hydrogen-bond donors (Lipinski definition) is 1. The Kier molecular flexibility index (Phi) is 5.39. The van der Waals surface area contributed by atoms with Gasteiger partial charge in [0.2, 0.25) is 5.91 Å². The SMILES string of the molecule is CCC(C)(C)c1ccc(S(=O)(=O)Nc2ccc3c(c2)N(C(=O)C2CC2)CCC3)cc1. The molecule has 0 unspecified atom stereocenters. The van der Waals surface area contributed by atoms with Gasteiger partial charge < -0.3 is 4.90 Å². The van der Waals surface area contributed by atoms with Crippen LogP contribution in [0.1, 0.15) is 57.6 Å². The molecule has 2 aliphatic rings. The van der Waals surface area contributed by atoms with Crippen molar-refractivity contribution in [3.63, 3.8) is 0 Å². The van der Waals surface area contributed by atoms with Crippen LogP contribution in [-0.4, -0.2) is 20.9 Å². The minimum atomic E-state index is -3.70. The molecule has 1 amide bonds. The Morgan fingerprint density at radius 2 is 1.83 bits per heavy atom. The van der Waals surface area contributed by atoms with Crippen LogP contribution in [0.5, 0.6) is 0 Å². The lowest BCUT2D eigenvalue weighted by Gasteiger charge is -2.30. The second kappa shape index (κ2) is 7.73. The molecule has 0 aromatic heterocycles. The fourth-order valence-corrected chi connectivity index (χ4v) is 4.97. The largest absolute Gasteiger partial charge is 0.312 e. The lowest BCUT2D eigenvalue weighted by Crippen LogP contribution is -2.36. The maximum atomic E-state index is 12.9. The third-order valence-corrected chi connectivity index (χ3v) is 7.88. The number of amides is 1. The average Bonchev–Trinajstić information content (AvgIpc) is 3.58. The van der Waals surface area contributed by atoms with E-state index in [0.717, 1.165) is 48.9 Å². The first kappa shape index (κ1) is 20.9. The summed E-state index contributed by atoms with van der Waals surface area (Å²) in [6.07, 6.45) is 4.74. The maximum Gasteiger partial charge on any atom is 0.261 e. The van der Waals surface area contributed by atoms with Crippen LogP contribution < -0.4 is 9.62 Å². The minimum Gasteiger partial charge on any atom is -0.312 e. The Labute approximate surface area is 179 Å². The lowest BCUT2D eigenvalue weighted by atomic mass is 9.82. The third-order valence-electron chi connectivity index (χ3n) is 6.48. The molecule has 6 heteroatoms. The molecule has 30 heavy (non-hydrogen) atoms. The predicted molar refractivity (Wildman–Crippen MR) is 120 cm³/mol. The highest BCUT2D eigenvalue weighted by molar-refractivity contribution is 7.92. The van der Waals surface area contributed by atoms with E-state index in [1.807, 2.05) is 23.1 Å². The van der Waals surface area contributed by atoms with E-state index >= 15 is 0 Å². The van der Waals surface area contributed by atoms with Gasteiger partial charge in [0.05, 0.1) is 10.6 Å². The second-order valence-electron chi connectivity index (χ2n) is 9.08. The van der Waals surface area contributed by atoms with Gasteiger partial charge in [-0.1, -0.05) is 39.0 Å². The van der Waals surface area contributed by atoms with Gasteiger partial charge in [-0.2, -0.15) is 0 Å². The van der Waals surface area contributed by atoms with Crippen molar-refractivity contribution in [3.05, 3.63) is 53.6 Å². The first-order valence-corrected chi connectivity index (χ1v) is 12.3. The highest BCUT2D eigenvalue weighted by Gasteiger charge is 2.35. The van der Waals surface area contributed by atoms with E-state index in [4.69, 9.17) is 0 Å². The number of nitrogens with zero attached hydrogens (tertiary/aromatic N) is 1. The van der Waals surface area contributed by atoms with Crippen LogP contribution in [-0.2, 0) is 26.7 Å². The number of sulfonamides is 1. The van der Waals surface area contributed by atoms with E-state index in [0.29, 0.717) is 12.2 Å². The van der Waals surface area contributed by atoms with Gasteiger partial charge in [0.1, 0.15) is 0 Å². The molecular formula is C24H30N2O3S. The number of aryl methyl sites for hydroxylation is 1. The summed E-state index contributed by atoms with van der Waals surface area (Å²) in [5, 5.41) is 0. The summed E-state index contributed by atoms with van der Waals surface area (Å²) in [6.45, 7) is 7.12. The highest BCUT2D eigenvalue weighted by atomic mass is 32.2. The van der Waals surface area contributed by atoms with Crippen LogP contribution in [0.2, 0.25) is 0 Å². The molecule has 1 fully saturated rings. The topological polar surface area (TPSA) is 66.5 Å². The van der Waals surface area contributed by atoms with E-state index in [1.54, 1.807) is 24.3 Å². The number of rotatable bonds is 6. The summed E-state index contributed by atoms with van der Waals surface area (Å²) in [5.41, 5.74) is 3.56. The summed E-state index contributed by atoms with van der Waals surface area (Å²) in [7, 11) is -3.70. The maximum absolute atomic E-state index is 12.9. The summed E-state index contributed by atoms with van der Waals surface area (Å²) in [6, 6.07) is 12.6. The number of carbonyl (C=O) groups is 1. The van der Waals surface area contributed by atoms with Gasteiger partial charge in [-0.3, -0.25) is 9.52 Å². The van der Waals surface area contributed by atoms with E-state index in [9.17, 15) is 13.2 Å². The molecule has 2 aromatic carbocycles. The van der Waals surface area contributed by atoms with Gasteiger partial charge in [0.25, 0.3) is 10.0 Å². The number of nitrogens with one attached hydrogen (secondary N) is 1. The normalized spacial score (nSPS) is 16.8. The molecule has 1 heterocycles. The van der Waals surface area contributed by atoms with Crippen LogP contribution >= 0.6 is 0 Å². The van der Waals surface area contributed by atoms with Crippen molar-refractivity contribution < 1.29 is 13.2 Å². The van der Waals surface area contributed by atoms with Crippen molar-refractivity contribution in [2.75, 3.05) is 16.2 Å². The summed E-state index contributed by atoms with van der Waals surface area (Å²) in [5.74, 6) is 0.312. The smallest absolute Gasteiger partial charge is 0.261 e. The lowest BCUT2D eigenvalue weighted by molar-refractivity contribution is -0.119. The van der Waals surface area contributed by atoms with Crippen LogP contribution in [0.15, 0.2) is 47.4 Å². The molecule has 0 saturated heterocycles. The van der Waals surface area contributed by atoms with Crippen LogP contribution in [0.4, 0.5) is 11.4 Å². The zero-order valence-corrected chi connectivity index (χ0v) is 18.8. The number of anilines is 2. The van der Waals surface area contributed by atoms with E-state index in [-0.39, 0.29) is 22.1 Å². The first-order chi connectivity index (χ1) is 14.2. The van der Waals surface area contributed by atoms with Crippen molar-refractivity contribution >= 4 is 27.3 Å². The van der Waals surface area contributed by atoms with Gasteiger partial charge in [-0.15, -0.1) is 0 Å². The molecule has 1 aliphatic heterocycles. The van der Waals surface area contributed by atoms with Crippen molar-refractivity contribution in [3.8, 4) is 0 Å². The Bertz CT molecular complexity index is 1050. The van der Waals surface area contributed by atoms with Crippen molar-refractivity contribution in [1.82, 2.24) is 0 Å². The van der Waals surface area contributed by atoms with Gasteiger partial charge in [-0.25, -0.2) is 8.42 Å². The van der Waals surface area contributed by atoms with Crippen LogP contribution in [0.3, 0.4) is 0 Å². The molecule has 1 aliphatic carbocycles. The molecule has 0 atom stereocenters. The predicted octanol–water partition coefficient (Wildman–Crippen LogP) is 4.86. The van der Waals surface area contributed by atoms with Crippen molar-refractivity contribution in [2.24, 2.45) is 5.92 Å². The summed E-state index contributed by atoms with van der Waals surface area (Å²) >= 11 is 0. The van der Waals surface area contributed by atoms with Gasteiger partial charge in [0.15, 0.2) is 0 Å². The standard InChI is InChI=1S/C24H30N2O3S/c1-4-24(2,3)19-10-13-21(14-11-19)30(28,29)25-20-12-9-17-6-5-15-26(22(17)16-20)23(27)18-7-8-18/h9-14,16,18,25H,4-8,15H2,1-3H3. The van der Waals surface area contributed by atoms with Crippen molar-refractivity contribution in [1.29, 1.82) is 0 Å². The zero-order chi connectivity index (χ0) is 21.5. The molecule has 1 N–H and O–H groups in total. The molecule has 0 spiro atoms. The Hall–Kier alpha value is -2.34. The van der Waals surface area contributed by atoms with E-state index < -0.39 is 10.0 Å². The van der Waals surface area contributed by atoms with Gasteiger partial charge in [-0.05, 0) is 72.9 Å². The molecule has 0 radical (unpaired) electrons. The number of benzene rings is 2. The minimum absolute atomic E-state index is 0.00572. The number of hydrogen-bond acceptors (Lipinski definition) is 3. The number of carbonyl (C=O) groups excluding carboxylic acids is 1. The first-order valence-electron chi connectivity index (χ1n) is 10.8. The summed E-state index contributed by atoms with van der Waals surface area (Å²) < 4.78 is 28.6. The molecule has 2 aromatic rings. The van der Waals surface area contributed by atoms with Gasteiger partial charge >= 0.3 is 0 Å². The third kappa shape index (κ3) is 4.10. The molecule has 0 bridgehead atoms. The molecular weight excluding hydrogens is 396 g/mol. The fraction of sp³-hybridized carbons (Fsp3) is 0.458. The van der Waals surface area contributed by atoms with E-state index in [1.165, 1.54) is 0 Å². The Morgan fingerprint density at radius 1 is 1.13 bits per heavy atom. The second-order valence-corrected chi connectivity index (χ2v) is 10.8. The Balaban J connectivity index is 1.58. The Morgan fingerprint density at radius 3 is 2.47 bits per heavy atom. The van der Waals surface area contributed by atoms with Crippen LogP contribution in [0, 0.1) is 5.92 Å². The van der Waals surface area contributed by atoms with Crippen LogP contribution in [0.25, 0.3) is 0 Å². The zero-order valence-electron chi connectivity index (χ0n) is 17.9. The fourth-order valence-electron chi connectivity index (χ4n) is 3.92. The molecule has 1 saturated carbocycles. The highest BCUT2D eigenvalue weighted by Crippen LogP contribution is 2.37. The molecule has 4 rings (SSSR count). The quantitative estimate of drug-likeness (QED) is 0.717. The monoisotopic (exact) mass is 426 g/mol. The number of fused-ring (bicyclic) bond motifs is 1. The van der Waals surface area contributed by atoms with E-state index in [2.05, 4.69) is 25.5 Å². The van der Waals surface area contributed by atoms with Crippen molar-refractivity contribution in [2.45, 2.75) is 63.2 Å². The summed E-state index contributed by atoms with van der Waals surface area (Å²) in [4.78, 5) is 14.7. The molecule has 160 valence electrons. The average molecular weight is 427 g/mol. The van der Waals surface area contributed by atoms with Gasteiger partial charge in [0, 0.05) is 18.2 Å².